The summed E-state index contributed by atoms with van der Waals surface area (Å²) in [6, 6.07) is 8.61. The largest absolute Gasteiger partial charge is 0.444 e. The lowest BCUT2D eigenvalue weighted by Crippen LogP contribution is -2.52. The molecule has 52 heavy (non-hydrogen) atoms. The van der Waals surface area contributed by atoms with E-state index in [1.807, 2.05) is 0 Å². The normalized spacial score (nSPS) is 12.9. The van der Waals surface area contributed by atoms with Gasteiger partial charge in [0, 0.05) is 18.4 Å². The number of halogens is 2. The molecule has 1 atom stereocenters. The molecular formula is C45H78Cl2O5. The van der Waals surface area contributed by atoms with E-state index in [4.69, 9.17) is 32.7 Å². The van der Waals surface area contributed by atoms with E-state index < -0.39 is 28.7 Å². The molecule has 1 rings (SSSR count). The van der Waals surface area contributed by atoms with Crippen LogP contribution in [0.4, 0.5) is 0 Å². The van der Waals surface area contributed by atoms with Crippen LogP contribution in [0.5, 0.6) is 0 Å². The molecule has 0 aliphatic rings. The summed E-state index contributed by atoms with van der Waals surface area (Å²) in [6.45, 7) is 3.79. The Balaban J connectivity index is 2.35. The smallest absolute Gasteiger partial charge is 0.308 e. The van der Waals surface area contributed by atoms with E-state index in [1.54, 1.807) is 30.3 Å². The molecule has 7 heteroatoms. The Bertz CT molecular complexity index is 972. The van der Waals surface area contributed by atoms with Crippen LogP contribution in [-0.4, -0.2) is 28.2 Å². The minimum absolute atomic E-state index is 0.156. The van der Waals surface area contributed by atoms with Crippen molar-refractivity contribution in [3.05, 3.63) is 35.9 Å². The molecule has 0 saturated carbocycles. The van der Waals surface area contributed by atoms with E-state index in [2.05, 4.69) is 13.8 Å². The highest BCUT2D eigenvalue weighted by Gasteiger charge is 2.57. The number of esters is 2. The average Bonchev–Trinajstić information content (AvgIpc) is 3.13. The fraction of sp³-hybridized carbons (Fsp3) is 0.822. The molecule has 0 bridgehead atoms. The summed E-state index contributed by atoms with van der Waals surface area (Å²) in [5.41, 5.74) is -1.58. The monoisotopic (exact) mass is 769 g/mol. The summed E-state index contributed by atoms with van der Waals surface area (Å²) < 4.78 is 9.11. The summed E-state index contributed by atoms with van der Waals surface area (Å²) in [6.07, 6.45) is 37.4. The number of benzene rings is 1. The number of alkyl halides is 2. The van der Waals surface area contributed by atoms with Crippen LogP contribution in [0, 0.1) is 0 Å². The van der Waals surface area contributed by atoms with Crippen LogP contribution < -0.4 is 0 Å². The zero-order chi connectivity index (χ0) is 38.0. The van der Waals surface area contributed by atoms with Crippen LogP contribution >= 0.6 is 23.2 Å². The second-order valence-corrected chi connectivity index (χ2v) is 16.5. The van der Waals surface area contributed by atoms with Crippen molar-refractivity contribution in [3.63, 3.8) is 0 Å². The molecular weight excluding hydrogens is 691 g/mol. The summed E-state index contributed by atoms with van der Waals surface area (Å²) in [5.74, 6) is -1.11. The van der Waals surface area contributed by atoms with E-state index >= 15 is 0 Å². The van der Waals surface area contributed by atoms with Gasteiger partial charge >= 0.3 is 16.5 Å². The zero-order valence-electron chi connectivity index (χ0n) is 33.6. The minimum atomic E-state index is -2.31. The molecule has 0 amide bonds. The molecule has 5 nitrogen and oxygen atoms in total. The Morgan fingerprint density at radius 1 is 0.481 bits per heavy atom. The number of hydrogen-bond donors (Lipinski definition) is 1. The van der Waals surface area contributed by atoms with Gasteiger partial charge in [0.15, 0.2) is 0 Å². The summed E-state index contributed by atoms with van der Waals surface area (Å²) in [4.78, 5) is 26.0. The SMILES string of the molecule is CCCCCCCCCCCCCCCCCC(=O)OC(Cl)(Cl)[C@](CO)(OC(=O)CCCCCCCCCCCCCCCCC)c1ccccc1. The highest BCUT2D eigenvalue weighted by molar-refractivity contribution is 6.48. The summed E-state index contributed by atoms with van der Waals surface area (Å²) in [7, 11) is 0. The van der Waals surface area contributed by atoms with Gasteiger partial charge in [0.2, 0.25) is 5.60 Å². The van der Waals surface area contributed by atoms with Gasteiger partial charge in [0.05, 0.1) is 6.61 Å². The molecule has 0 saturated heterocycles. The zero-order valence-corrected chi connectivity index (χ0v) is 35.1. The maximum absolute atomic E-state index is 13.1. The number of ether oxygens (including phenoxy) is 2. The van der Waals surface area contributed by atoms with Gasteiger partial charge in [-0.3, -0.25) is 9.59 Å². The van der Waals surface area contributed by atoms with E-state index in [-0.39, 0.29) is 12.8 Å². The van der Waals surface area contributed by atoms with Crippen LogP contribution in [0.15, 0.2) is 30.3 Å². The number of unbranched alkanes of at least 4 members (excludes halogenated alkanes) is 28. The maximum Gasteiger partial charge on any atom is 0.308 e. The average molecular weight is 770 g/mol. The Labute approximate surface area is 330 Å². The first kappa shape index (κ1) is 48.7. The predicted octanol–water partition coefficient (Wildman–Crippen LogP) is 14.6. The molecule has 1 N–H and O–H groups in total. The molecule has 0 radical (unpaired) electrons. The molecule has 0 aromatic heterocycles. The lowest BCUT2D eigenvalue weighted by atomic mass is 9.94. The highest BCUT2D eigenvalue weighted by atomic mass is 35.5. The third-order valence-electron chi connectivity index (χ3n) is 10.4. The standard InChI is InChI=1S/C45H78Cl2O5/c1-3-5-7-9-11-13-15-17-19-21-23-25-27-29-34-38-42(49)51-44(40-48,41-36-32-31-33-37-41)45(46,47)52-43(50)39-35-30-28-26-24-22-20-18-16-14-12-10-8-6-4-2/h31-33,36-37,48H,3-30,34-35,38-40H2,1-2H3/t44-/m1/s1. The van der Waals surface area contributed by atoms with Crippen LogP contribution in [0.25, 0.3) is 0 Å². The van der Waals surface area contributed by atoms with Gasteiger partial charge in [-0.1, -0.05) is 247 Å². The molecule has 302 valence electrons. The van der Waals surface area contributed by atoms with Gasteiger partial charge in [-0.2, -0.15) is 0 Å². The topological polar surface area (TPSA) is 72.8 Å². The second-order valence-electron chi connectivity index (χ2n) is 15.2. The van der Waals surface area contributed by atoms with Gasteiger partial charge in [-0.15, -0.1) is 0 Å². The van der Waals surface area contributed by atoms with Crippen molar-refractivity contribution in [2.24, 2.45) is 0 Å². The van der Waals surface area contributed by atoms with Crippen LogP contribution in [0.3, 0.4) is 0 Å². The molecule has 0 unspecified atom stereocenters. The van der Waals surface area contributed by atoms with Crippen molar-refractivity contribution in [2.45, 2.75) is 229 Å². The Kier molecular flexibility index (Phi) is 31.0. The van der Waals surface area contributed by atoms with Crippen molar-refractivity contribution in [3.8, 4) is 0 Å². The first-order chi connectivity index (χ1) is 25.3. The second kappa shape index (κ2) is 33.1. The minimum Gasteiger partial charge on any atom is -0.444 e. The fourth-order valence-electron chi connectivity index (χ4n) is 7.01. The Morgan fingerprint density at radius 3 is 1.08 bits per heavy atom. The molecule has 0 fully saturated rings. The quantitative estimate of drug-likeness (QED) is 0.0414. The lowest BCUT2D eigenvalue weighted by molar-refractivity contribution is -0.193. The van der Waals surface area contributed by atoms with Crippen molar-refractivity contribution >= 4 is 35.1 Å². The maximum atomic E-state index is 13.1. The van der Waals surface area contributed by atoms with Gasteiger partial charge in [0.1, 0.15) is 0 Å². The first-order valence-electron chi connectivity index (χ1n) is 21.8. The van der Waals surface area contributed by atoms with Crippen molar-refractivity contribution in [1.82, 2.24) is 0 Å². The number of carbonyl (C=O) groups is 2. The first-order valence-corrected chi connectivity index (χ1v) is 22.6. The van der Waals surface area contributed by atoms with Crippen LogP contribution in [-0.2, 0) is 24.7 Å². The number of aliphatic hydroxyl groups excluding tert-OH is 1. The highest BCUT2D eigenvalue weighted by Crippen LogP contribution is 2.46. The van der Waals surface area contributed by atoms with E-state index in [1.165, 1.54) is 148 Å². The number of aliphatic hydroxyl groups is 1. The van der Waals surface area contributed by atoms with Gasteiger partial charge < -0.3 is 14.6 Å². The number of hydrogen-bond acceptors (Lipinski definition) is 5. The summed E-state index contributed by atoms with van der Waals surface area (Å²) in [5, 5.41) is 10.6. The molecule has 0 aliphatic heterocycles. The van der Waals surface area contributed by atoms with Crippen molar-refractivity contribution in [1.29, 1.82) is 0 Å². The molecule has 1 aromatic carbocycles. The molecule has 0 aliphatic carbocycles. The van der Waals surface area contributed by atoms with Crippen LogP contribution in [0.1, 0.15) is 225 Å². The van der Waals surface area contributed by atoms with E-state index in [9.17, 15) is 14.7 Å². The van der Waals surface area contributed by atoms with Gasteiger partial charge in [-0.05, 0) is 12.8 Å². The fourth-order valence-corrected chi connectivity index (χ4v) is 7.60. The Morgan fingerprint density at radius 2 is 0.769 bits per heavy atom. The lowest BCUT2D eigenvalue weighted by Gasteiger charge is -2.40. The van der Waals surface area contributed by atoms with E-state index in [0.717, 1.165) is 32.1 Å². The van der Waals surface area contributed by atoms with Crippen LogP contribution in [0.2, 0.25) is 0 Å². The van der Waals surface area contributed by atoms with Gasteiger partial charge in [0.25, 0.3) is 0 Å². The molecule has 1 aromatic rings. The van der Waals surface area contributed by atoms with E-state index in [0.29, 0.717) is 18.4 Å². The van der Waals surface area contributed by atoms with Crippen molar-refractivity contribution in [2.75, 3.05) is 6.61 Å². The van der Waals surface area contributed by atoms with Crippen molar-refractivity contribution < 1.29 is 24.2 Å². The molecule has 0 spiro atoms. The summed E-state index contributed by atoms with van der Waals surface area (Å²) >= 11 is 13.4. The van der Waals surface area contributed by atoms with Gasteiger partial charge in [-0.25, -0.2) is 0 Å². The third-order valence-corrected chi connectivity index (χ3v) is 11.2. The number of carbonyl (C=O) groups excluding carboxylic acids is 2. The number of rotatable bonds is 37. The third kappa shape index (κ3) is 23.5. The Hall–Kier alpha value is -1.30. The predicted molar refractivity (Wildman–Crippen MR) is 221 cm³/mol. The molecule has 0 heterocycles.